The van der Waals surface area contributed by atoms with Gasteiger partial charge >= 0.3 is 0 Å². The van der Waals surface area contributed by atoms with Gasteiger partial charge in [0, 0.05) is 11.1 Å². The molecule has 3 heteroatoms. The number of nitrogens with zero attached hydrogens (tertiary/aromatic N) is 1. The smallest absolute Gasteiger partial charge is 0.134 e. The normalized spacial score (nSPS) is 16.1. The van der Waals surface area contributed by atoms with Gasteiger partial charge < -0.3 is 0 Å². The molecule has 2 rings (SSSR count). The van der Waals surface area contributed by atoms with Crippen molar-refractivity contribution in [1.29, 1.82) is 0 Å². The van der Waals surface area contributed by atoms with Gasteiger partial charge in [0.2, 0.25) is 0 Å². The molecule has 1 nitrogen and oxygen atoms in total. The summed E-state index contributed by atoms with van der Waals surface area (Å²) in [7, 11) is 0. The Balaban J connectivity index is 2.56. The van der Waals surface area contributed by atoms with E-state index < -0.39 is 0 Å². The Morgan fingerprint density at radius 1 is 1.40 bits per heavy atom. The van der Waals surface area contributed by atoms with Crippen molar-refractivity contribution in [3.63, 3.8) is 0 Å². The van der Waals surface area contributed by atoms with Gasteiger partial charge in [0.15, 0.2) is 0 Å². The molecule has 82 valence electrons. The van der Waals surface area contributed by atoms with Crippen molar-refractivity contribution in [2.45, 2.75) is 45.4 Å². The lowest BCUT2D eigenvalue weighted by molar-refractivity contribution is 0.587. The zero-order valence-corrected chi connectivity index (χ0v) is 10.9. The summed E-state index contributed by atoms with van der Waals surface area (Å²) in [5.74, 6) is 0.610. The standard InChI is InChI=1S/C12H15BrFN/c1-6(2)11-7(3)10(14)9(8-4-5-8)12(13)15-11/h6,8H,4-5H2,1-3H3. The van der Waals surface area contributed by atoms with Crippen LogP contribution in [0.25, 0.3) is 0 Å². The summed E-state index contributed by atoms with van der Waals surface area (Å²) in [6, 6.07) is 0. The molecule has 0 N–H and O–H groups in total. The summed E-state index contributed by atoms with van der Waals surface area (Å²) in [4.78, 5) is 4.47. The van der Waals surface area contributed by atoms with Gasteiger partial charge in [0.1, 0.15) is 10.4 Å². The molecular formula is C12H15BrFN. The molecule has 0 spiro atoms. The molecule has 0 aliphatic heterocycles. The van der Waals surface area contributed by atoms with Crippen LogP contribution < -0.4 is 0 Å². The van der Waals surface area contributed by atoms with Gasteiger partial charge in [0.05, 0.1) is 5.69 Å². The first-order chi connectivity index (χ1) is 7.02. The molecule has 1 aliphatic rings. The van der Waals surface area contributed by atoms with Crippen LogP contribution in [0.2, 0.25) is 0 Å². The van der Waals surface area contributed by atoms with Gasteiger partial charge in [-0.2, -0.15) is 0 Å². The highest BCUT2D eigenvalue weighted by molar-refractivity contribution is 9.10. The van der Waals surface area contributed by atoms with Crippen LogP contribution in [-0.4, -0.2) is 4.98 Å². The third kappa shape index (κ3) is 1.94. The van der Waals surface area contributed by atoms with Gasteiger partial charge in [-0.3, -0.25) is 0 Å². The number of pyridine rings is 1. The van der Waals surface area contributed by atoms with E-state index in [9.17, 15) is 4.39 Å². The molecule has 1 fully saturated rings. The molecule has 1 aromatic rings. The van der Waals surface area contributed by atoms with Gasteiger partial charge in [-0.25, -0.2) is 9.37 Å². The Kier molecular flexibility index (Phi) is 2.84. The molecule has 1 aliphatic carbocycles. The summed E-state index contributed by atoms with van der Waals surface area (Å²) < 4.78 is 14.8. The molecule has 0 radical (unpaired) electrons. The van der Waals surface area contributed by atoms with Crippen LogP contribution >= 0.6 is 15.9 Å². The van der Waals surface area contributed by atoms with Crippen LogP contribution in [0.5, 0.6) is 0 Å². The van der Waals surface area contributed by atoms with Gasteiger partial charge in [-0.15, -0.1) is 0 Å². The van der Waals surface area contributed by atoms with Crippen molar-refractivity contribution < 1.29 is 4.39 Å². The Morgan fingerprint density at radius 2 is 2.00 bits per heavy atom. The third-order valence-corrected chi connectivity index (χ3v) is 3.53. The molecule has 15 heavy (non-hydrogen) atoms. The van der Waals surface area contributed by atoms with Gasteiger partial charge in [-0.05, 0) is 47.5 Å². The quantitative estimate of drug-likeness (QED) is 0.732. The molecule has 0 atom stereocenters. The number of aromatic nitrogens is 1. The highest BCUT2D eigenvalue weighted by Crippen LogP contribution is 2.45. The lowest BCUT2D eigenvalue weighted by Crippen LogP contribution is -2.04. The van der Waals surface area contributed by atoms with Crippen LogP contribution in [0, 0.1) is 12.7 Å². The molecule has 0 amide bonds. The van der Waals surface area contributed by atoms with Crippen molar-refractivity contribution in [2.24, 2.45) is 0 Å². The van der Waals surface area contributed by atoms with E-state index in [1.807, 2.05) is 20.8 Å². The number of rotatable bonds is 2. The maximum atomic E-state index is 14.1. The second-order valence-corrected chi connectivity index (χ2v) is 5.32. The van der Waals surface area contributed by atoms with E-state index in [4.69, 9.17) is 0 Å². The fraction of sp³-hybridized carbons (Fsp3) is 0.583. The van der Waals surface area contributed by atoms with Crippen LogP contribution in [0.3, 0.4) is 0 Å². The molecule has 1 saturated carbocycles. The Bertz CT molecular complexity index is 397. The minimum Gasteiger partial charge on any atom is -0.245 e. The minimum absolute atomic E-state index is 0.0527. The van der Waals surface area contributed by atoms with Crippen molar-refractivity contribution in [3.8, 4) is 0 Å². The number of hydrogen-bond donors (Lipinski definition) is 0. The maximum absolute atomic E-state index is 14.1. The summed E-state index contributed by atoms with van der Waals surface area (Å²) in [5, 5.41) is 0. The first kappa shape index (κ1) is 11.1. The summed E-state index contributed by atoms with van der Waals surface area (Å²) in [5.41, 5.74) is 2.37. The van der Waals surface area contributed by atoms with Crippen molar-refractivity contribution in [3.05, 3.63) is 27.2 Å². The average Bonchev–Trinajstić information content (AvgIpc) is 2.95. The van der Waals surface area contributed by atoms with E-state index in [0.29, 0.717) is 10.5 Å². The van der Waals surface area contributed by atoms with E-state index in [-0.39, 0.29) is 11.7 Å². The SMILES string of the molecule is Cc1c(C(C)C)nc(Br)c(C2CC2)c1F. The predicted molar refractivity (Wildman–Crippen MR) is 62.7 cm³/mol. The van der Waals surface area contributed by atoms with Crippen molar-refractivity contribution in [2.75, 3.05) is 0 Å². The van der Waals surface area contributed by atoms with E-state index in [1.165, 1.54) is 0 Å². The van der Waals surface area contributed by atoms with E-state index in [1.54, 1.807) is 0 Å². The molecule has 0 aromatic carbocycles. The summed E-state index contributed by atoms with van der Waals surface area (Å²) >= 11 is 3.39. The van der Waals surface area contributed by atoms with Crippen LogP contribution in [-0.2, 0) is 0 Å². The van der Waals surface area contributed by atoms with Crippen LogP contribution in [0.1, 0.15) is 55.3 Å². The van der Waals surface area contributed by atoms with E-state index in [0.717, 1.165) is 29.7 Å². The molecule has 0 bridgehead atoms. The summed E-state index contributed by atoms with van der Waals surface area (Å²) in [6.07, 6.45) is 2.19. The second kappa shape index (κ2) is 3.85. The lowest BCUT2D eigenvalue weighted by atomic mass is 10.0. The molecule has 0 saturated heterocycles. The average molecular weight is 272 g/mol. The highest BCUT2D eigenvalue weighted by atomic mass is 79.9. The van der Waals surface area contributed by atoms with Gasteiger partial charge in [-0.1, -0.05) is 13.8 Å². The van der Waals surface area contributed by atoms with E-state index >= 15 is 0 Å². The van der Waals surface area contributed by atoms with Crippen LogP contribution in [0.15, 0.2) is 4.60 Å². The predicted octanol–water partition coefficient (Wildman–Crippen LogP) is 4.29. The zero-order chi connectivity index (χ0) is 11.2. The number of hydrogen-bond acceptors (Lipinski definition) is 1. The second-order valence-electron chi connectivity index (χ2n) is 4.57. The topological polar surface area (TPSA) is 12.9 Å². The Hall–Kier alpha value is -0.440. The van der Waals surface area contributed by atoms with Crippen molar-refractivity contribution >= 4 is 15.9 Å². The Labute approximate surface area is 98.2 Å². The fourth-order valence-corrected chi connectivity index (χ4v) is 2.63. The summed E-state index contributed by atoms with van der Waals surface area (Å²) in [6.45, 7) is 5.91. The van der Waals surface area contributed by atoms with Crippen LogP contribution in [0.4, 0.5) is 4.39 Å². The Morgan fingerprint density at radius 3 is 2.47 bits per heavy atom. The van der Waals surface area contributed by atoms with E-state index in [2.05, 4.69) is 20.9 Å². The monoisotopic (exact) mass is 271 g/mol. The number of halogens is 2. The molecular weight excluding hydrogens is 257 g/mol. The van der Waals surface area contributed by atoms with Gasteiger partial charge in [0.25, 0.3) is 0 Å². The fourth-order valence-electron chi connectivity index (χ4n) is 1.94. The van der Waals surface area contributed by atoms with Crippen molar-refractivity contribution in [1.82, 2.24) is 4.98 Å². The first-order valence-electron chi connectivity index (χ1n) is 5.37. The maximum Gasteiger partial charge on any atom is 0.134 e. The highest BCUT2D eigenvalue weighted by Gasteiger charge is 2.31. The third-order valence-electron chi connectivity index (χ3n) is 2.92. The first-order valence-corrected chi connectivity index (χ1v) is 6.17. The molecule has 1 aromatic heterocycles. The minimum atomic E-state index is -0.0527. The lowest BCUT2D eigenvalue weighted by Gasteiger charge is -2.14. The molecule has 0 unspecified atom stereocenters. The zero-order valence-electron chi connectivity index (χ0n) is 9.27. The largest absolute Gasteiger partial charge is 0.245 e. The molecule has 1 heterocycles.